The minimum atomic E-state index is -0.620. The zero-order valence-electron chi connectivity index (χ0n) is 10.3. The Morgan fingerprint density at radius 3 is 2.37 bits per heavy atom. The first-order chi connectivity index (χ1) is 9.00. The average Bonchev–Trinajstić information content (AvgIpc) is 2.66. The molecule has 0 spiro atoms. The molecule has 0 unspecified atom stereocenters. The smallest absolute Gasteiger partial charge is 0.267 e. The lowest BCUT2D eigenvalue weighted by atomic mass is 10.2. The molecule has 6 heteroatoms. The van der Waals surface area contributed by atoms with Gasteiger partial charge in [-0.1, -0.05) is 18.2 Å². The van der Waals surface area contributed by atoms with E-state index in [1.807, 2.05) is 18.2 Å². The van der Waals surface area contributed by atoms with Crippen molar-refractivity contribution in [2.24, 2.45) is 5.73 Å². The lowest BCUT2D eigenvalue weighted by molar-refractivity contribution is 0.100. The lowest BCUT2D eigenvalue weighted by Gasteiger charge is -2.04. The molecule has 2 amide bonds. The zero-order chi connectivity index (χ0) is 14.0. The summed E-state index contributed by atoms with van der Waals surface area (Å²) >= 11 is 1.16. The van der Waals surface area contributed by atoms with E-state index in [-0.39, 0.29) is 17.2 Å². The fourth-order valence-corrected chi connectivity index (χ4v) is 2.72. The van der Waals surface area contributed by atoms with E-state index in [1.54, 1.807) is 19.1 Å². The first-order valence-corrected chi connectivity index (χ1v) is 6.37. The molecule has 0 atom stereocenters. The number of thiophene rings is 1. The van der Waals surface area contributed by atoms with Crippen LogP contribution in [0.2, 0.25) is 0 Å². The summed E-state index contributed by atoms with van der Waals surface area (Å²) < 4.78 is 0. The van der Waals surface area contributed by atoms with Crippen molar-refractivity contribution in [2.75, 3.05) is 11.1 Å². The Balaban J connectivity index is 2.30. The van der Waals surface area contributed by atoms with Crippen LogP contribution in [0.25, 0.3) is 0 Å². The predicted molar refractivity (Wildman–Crippen MR) is 76.4 cm³/mol. The zero-order valence-corrected chi connectivity index (χ0v) is 11.1. The number of amides is 2. The van der Waals surface area contributed by atoms with Crippen molar-refractivity contribution in [1.82, 2.24) is 0 Å². The molecule has 19 heavy (non-hydrogen) atoms. The Morgan fingerprint density at radius 2 is 1.84 bits per heavy atom. The second-order valence-corrected chi connectivity index (χ2v) is 5.19. The van der Waals surface area contributed by atoms with Crippen LogP contribution in [0.15, 0.2) is 30.3 Å². The summed E-state index contributed by atoms with van der Waals surface area (Å²) in [6, 6.07) is 9.01. The number of nitrogens with two attached hydrogens (primary N) is 2. The quantitative estimate of drug-likeness (QED) is 0.798. The number of primary amides is 1. The number of hydrogen-bond acceptors (Lipinski definition) is 4. The van der Waals surface area contributed by atoms with E-state index in [0.717, 1.165) is 11.3 Å². The van der Waals surface area contributed by atoms with Gasteiger partial charge in [0.25, 0.3) is 11.8 Å². The molecule has 1 heterocycles. The van der Waals surface area contributed by atoms with E-state index in [9.17, 15) is 9.59 Å². The normalized spacial score (nSPS) is 10.2. The minimum absolute atomic E-state index is 0.142. The first-order valence-electron chi connectivity index (χ1n) is 5.55. The van der Waals surface area contributed by atoms with Crippen molar-refractivity contribution in [3.8, 4) is 0 Å². The third-order valence-electron chi connectivity index (χ3n) is 2.61. The summed E-state index contributed by atoms with van der Waals surface area (Å²) in [6.07, 6.45) is 0. The van der Waals surface area contributed by atoms with Gasteiger partial charge in [0.1, 0.15) is 4.88 Å². The van der Waals surface area contributed by atoms with Crippen LogP contribution >= 0.6 is 11.3 Å². The number of para-hydroxylation sites is 1. The first kappa shape index (κ1) is 13.1. The molecule has 0 bridgehead atoms. The van der Waals surface area contributed by atoms with Crippen LogP contribution in [0.5, 0.6) is 0 Å². The number of hydrogen-bond donors (Lipinski definition) is 3. The van der Waals surface area contributed by atoms with E-state index in [1.165, 1.54) is 0 Å². The van der Waals surface area contributed by atoms with Gasteiger partial charge >= 0.3 is 0 Å². The number of aryl methyl sites for hydroxylation is 1. The number of anilines is 2. The Morgan fingerprint density at radius 1 is 1.21 bits per heavy atom. The standard InChI is InChI=1S/C13H13N3O2S/c1-7-9(12(15)17)10(14)11(19-7)13(18)16-8-5-3-2-4-6-8/h2-6H,14H2,1H3,(H2,15,17)(H,16,18). The summed E-state index contributed by atoms with van der Waals surface area (Å²) in [5, 5.41) is 2.72. The van der Waals surface area contributed by atoms with Gasteiger partial charge in [0, 0.05) is 10.6 Å². The van der Waals surface area contributed by atoms with Gasteiger partial charge in [-0.3, -0.25) is 9.59 Å². The molecule has 0 fully saturated rings. The number of carbonyl (C=O) groups is 2. The Kier molecular flexibility index (Phi) is 3.52. The van der Waals surface area contributed by atoms with Gasteiger partial charge in [0.05, 0.1) is 11.3 Å². The van der Waals surface area contributed by atoms with E-state index in [4.69, 9.17) is 11.5 Å². The monoisotopic (exact) mass is 275 g/mol. The molecule has 0 aliphatic carbocycles. The van der Waals surface area contributed by atoms with Gasteiger partial charge in [-0.25, -0.2) is 0 Å². The molecule has 2 aromatic rings. The second-order valence-electron chi connectivity index (χ2n) is 3.96. The van der Waals surface area contributed by atoms with Gasteiger partial charge in [0.2, 0.25) is 0 Å². The van der Waals surface area contributed by atoms with Gasteiger partial charge in [-0.2, -0.15) is 0 Å². The van der Waals surface area contributed by atoms with E-state index in [2.05, 4.69) is 5.32 Å². The maximum atomic E-state index is 12.1. The predicted octanol–water partition coefficient (Wildman–Crippen LogP) is 1.99. The van der Waals surface area contributed by atoms with Gasteiger partial charge in [-0.05, 0) is 19.1 Å². The topological polar surface area (TPSA) is 98.2 Å². The van der Waals surface area contributed by atoms with Gasteiger partial charge < -0.3 is 16.8 Å². The molecule has 1 aromatic carbocycles. The van der Waals surface area contributed by atoms with Crippen LogP contribution in [-0.2, 0) is 0 Å². The van der Waals surface area contributed by atoms with Crippen LogP contribution in [0.4, 0.5) is 11.4 Å². The molecule has 98 valence electrons. The molecule has 0 saturated heterocycles. The van der Waals surface area contributed by atoms with Crippen molar-refractivity contribution < 1.29 is 9.59 Å². The average molecular weight is 275 g/mol. The molecule has 0 radical (unpaired) electrons. The van der Waals surface area contributed by atoms with Crippen molar-refractivity contribution >= 4 is 34.5 Å². The Labute approximate surface area is 114 Å². The Bertz CT molecular complexity index is 635. The van der Waals surface area contributed by atoms with Crippen LogP contribution < -0.4 is 16.8 Å². The van der Waals surface area contributed by atoms with Crippen LogP contribution in [0, 0.1) is 6.92 Å². The van der Waals surface area contributed by atoms with E-state index in [0.29, 0.717) is 15.4 Å². The third kappa shape index (κ3) is 2.58. The number of benzene rings is 1. The van der Waals surface area contributed by atoms with Gasteiger partial charge in [-0.15, -0.1) is 11.3 Å². The van der Waals surface area contributed by atoms with Crippen LogP contribution in [0.1, 0.15) is 24.9 Å². The highest BCUT2D eigenvalue weighted by molar-refractivity contribution is 7.15. The molecular formula is C13H13N3O2S. The lowest BCUT2D eigenvalue weighted by Crippen LogP contribution is -2.16. The minimum Gasteiger partial charge on any atom is -0.397 e. The summed E-state index contributed by atoms with van der Waals surface area (Å²) in [4.78, 5) is 24.3. The number of nitrogen functional groups attached to an aromatic ring is 1. The number of nitrogens with one attached hydrogen (secondary N) is 1. The molecule has 1 aromatic heterocycles. The maximum absolute atomic E-state index is 12.1. The summed E-state index contributed by atoms with van der Waals surface area (Å²) in [5.74, 6) is -0.964. The number of carbonyl (C=O) groups excluding carboxylic acids is 2. The molecule has 5 nitrogen and oxygen atoms in total. The van der Waals surface area contributed by atoms with Crippen molar-refractivity contribution in [1.29, 1.82) is 0 Å². The largest absolute Gasteiger partial charge is 0.397 e. The van der Waals surface area contributed by atoms with Crippen LogP contribution in [-0.4, -0.2) is 11.8 Å². The molecule has 2 rings (SSSR count). The van der Waals surface area contributed by atoms with E-state index >= 15 is 0 Å². The second kappa shape index (κ2) is 5.11. The van der Waals surface area contributed by atoms with Crippen molar-refractivity contribution in [3.05, 3.63) is 45.6 Å². The SMILES string of the molecule is Cc1sc(C(=O)Nc2ccccc2)c(N)c1C(N)=O. The summed E-state index contributed by atoms with van der Waals surface area (Å²) in [6.45, 7) is 1.71. The summed E-state index contributed by atoms with van der Waals surface area (Å²) in [7, 11) is 0. The molecule has 0 aliphatic rings. The fraction of sp³-hybridized carbons (Fsp3) is 0.0769. The maximum Gasteiger partial charge on any atom is 0.267 e. The number of rotatable bonds is 3. The molecule has 0 aliphatic heterocycles. The highest BCUT2D eigenvalue weighted by Gasteiger charge is 2.21. The highest BCUT2D eigenvalue weighted by atomic mass is 32.1. The molecular weight excluding hydrogens is 262 g/mol. The van der Waals surface area contributed by atoms with Crippen molar-refractivity contribution in [2.45, 2.75) is 6.92 Å². The Hall–Kier alpha value is -2.34. The van der Waals surface area contributed by atoms with Crippen molar-refractivity contribution in [3.63, 3.8) is 0 Å². The summed E-state index contributed by atoms with van der Waals surface area (Å²) in [5.41, 5.74) is 12.1. The fourth-order valence-electron chi connectivity index (χ4n) is 1.75. The van der Waals surface area contributed by atoms with Crippen LogP contribution in [0.3, 0.4) is 0 Å². The molecule has 0 saturated carbocycles. The highest BCUT2D eigenvalue weighted by Crippen LogP contribution is 2.30. The van der Waals surface area contributed by atoms with Gasteiger partial charge in [0.15, 0.2) is 0 Å². The molecule has 5 N–H and O–H groups in total. The van der Waals surface area contributed by atoms with E-state index < -0.39 is 5.91 Å². The third-order valence-corrected chi connectivity index (χ3v) is 3.73.